The maximum absolute atomic E-state index is 12.5. The van der Waals surface area contributed by atoms with Gasteiger partial charge in [-0.2, -0.15) is 0 Å². The van der Waals surface area contributed by atoms with Crippen molar-refractivity contribution in [2.75, 3.05) is 11.5 Å². The lowest BCUT2D eigenvalue weighted by atomic mass is 10.1. The Balaban J connectivity index is 1.74. The smallest absolute Gasteiger partial charge is 0.265 e. The number of carbonyl (C=O) groups excluding carboxylic acids is 1. The molecule has 1 aromatic heterocycles. The predicted molar refractivity (Wildman–Crippen MR) is 100 cm³/mol. The predicted octanol–water partition coefficient (Wildman–Crippen LogP) is 4.70. The third-order valence-corrected chi connectivity index (χ3v) is 5.25. The monoisotopic (exact) mass is 370 g/mol. The Kier molecular flexibility index (Phi) is 4.19. The van der Waals surface area contributed by atoms with E-state index in [1.807, 2.05) is 54.8 Å². The summed E-state index contributed by atoms with van der Waals surface area (Å²) in [5.41, 5.74) is 3.52. The Morgan fingerprint density at radius 1 is 1.28 bits per heavy atom. The van der Waals surface area contributed by atoms with Crippen molar-refractivity contribution in [3.63, 3.8) is 0 Å². The number of ether oxygens (including phenoxy) is 1. The van der Waals surface area contributed by atoms with Gasteiger partial charge < -0.3 is 9.64 Å². The molecule has 0 aliphatic carbocycles. The van der Waals surface area contributed by atoms with Crippen molar-refractivity contribution in [1.82, 2.24) is 4.98 Å². The number of hydrogen-bond donors (Lipinski definition) is 0. The number of rotatable bonds is 3. The lowest BCUT2D eigenvalue weighted by Gasteiger charge is -2.30. The molecular weight excluding hydrogens is 356 g/mol. The summed E-state index contributed by atoms with van der Waals surface area (Å²) in [6, 6.07) is 13.4. The first-order valence-corrected chi connectivity index (χ1v) is 9.11. The van der Waals surface area contributed by atoms with Crippen molar-refractivity contribution in [1.29, 1.82) is 0 Å². The molecule has 1 aliphatic heterocycles. The van der Waals surface area contributed by atoms with Gasteiger partial charge in [-0.25, -0.2) is 4.98 Å². The first-order valence-electron chi connectivity index (χ1n) is 7.85. The van der Waals surface area contributed by atoms with E-state index >= 15 is 0 Å². The topological polar surface area (TPSA) is 42.4 Å². The first-order chi connectivity index (χ1) is 12.1. The summed E-state index contributed by atoms with van der Waals surface area (Å²) in [7, 11) is 0. The molecule has 25 heavy (non-hydrogen) atoms. The summed E-state index contributed by atoms with van der Waals surface area (Å²) in [4.78, 5) is 18.7. The van der Waals surface area contributed by atoms with Crippen LogP contribution in [-0.4, -0.2) is 17.5 Å². The van der Waals surface area contributed by atoms with E-state index in [0.29, 0.717) is 17.3 Å². The molecule has 0 radical (unpaired) electrons. The van der Waals surface area contributed by atoms with Crippen LogP contribution >= 0.6 is 22.9 Å². The number of aryl methyl sites for hydroxylation is 1. The Bertz CT molecular complexity index is 954. The van der Waals surface area contributed by atoms with Gasteiger partial charge in [0.1, 0.15) is 5.75 Å². The SMILES string of the molecule is Cc1nc(-c2ccc3c(c2)N(Cc2ccccc2Cl)C(=O)CO3)cs1. The van der Waals surface area contributed by atoms with Crippen molar-refractivity contribution in [3.05, 3.63) is 63.4 Å². The van der Waals surface area contributed by atoms with Gasteiger partial charge in [0.25, 0.3) is 5.91 Å². The third-order valence-electron chi connectivity index (χ3n) is 4.10. The molecule has 3 aromatic rings. The first kappa shape index (κ1) is 16.1. The number of aromatic nitrogens is 1. The van der Waals surface area contributed by atoms with Gasteiger partial charge in [0.15, 0.2) is 6.61 Å². The fourth-order valence-corrected chi connectivity index (χ4v) is 3.65. The number of hydrogen-bond acceptors (Lipinski definition) is 4. The standard InChI is InChI=1S/C19H15ClN2O2S/c1-12-21-16(11-25-12)13-6-7-18-17(8-13)22(19(23)10-24-18)9-14-4-2-3-5-15(14)20/h2-8,11H,9-10H2,1H3. The Morgan fingerprint density at radius 2 is 2.12 bits per heavy atom. The summed E-state index contributed by atoms with van der Waals surface area (Å²) in [6.45, 7) is 2.42. The maximum atomic E-state index is 12.5. The zero-order valence-corrected chi connectivity index (χ0v) is 15.1. The fourth-order valence-electron chi connectivity index (χ4n) is 2.83. The highest BCUT2D eigenvalue weighted by Gasteiger charge is 2.26. The van der Waals surface area contributed by atoms with E-state index in [1.165, 1.54) is 0 Å². The van der Waals surface area contributed by atoms with Gasteiger partial charge in [0, 0.05) is 16.0 Å². The molecule has 126 valence electrons. The number of thiazole rings is 1. The molecule has 0 fully saturated rings. The highest BCUT2D eigenvalue weighted by molar-refractivity contribution is 7.09. The van der Waals surface area contributed by atoms with E-state index in [1.54, 1.807) is 16.2 Å². The van der Waals surface area contributed by atoms with Crippen molar-refractivity contribution in [3.8, 4) is 17.0 Å². The lowest BCUT2D eigenvalue weighted by Crippen LogP contribution is -2.38. The molecule has 0 bridgehead atoms. The van der Waals surface area contributed by atoms with Crippen LogP contribution in [0.25, 0.3) is 11.3 Å². The van der Waals surface area contributed by atoms with Crippen molar-refractivity contribution >= 4 is 34.5 Å². The third kappa shape index (κ3) is 3.13. The highest BCUT2D eigenvalue weighted by Crippen LogP contribution is 2.37. The van der Waals surface area contributed by atoms with Crippen LogP contribution in [0.5, 0.6) is 5.75 Å². The molecule has 6 heteroatoms. The number of carbonyl (C=O) groups is 1. The number of amides is 1. The van der Waals surface area contributed by atoms with Crippen LogP contribution in [0.2, 0.25) is 5.02 Å². The average Bonchev–Trinajstić information content (AvgIpc) is 3.05. The van der Waals surface area contributed by atoms with Crippen LogP contribution in [0.4, 0.5) is 5.69 Å². The van der Waals surface area contributed by atoms with E-state index in [2.05, 4.69) is 4.98 Å². The van der Waals surface area contributed by atoms with Crippen LogP contribution in [0.3, 0.4) is 0 Å². The Labute approximate surface area is 154 Å². The van der Waals surface area contributed by atoms with Gasteiger partial charge in [-0.1, -0.05) is 29.8 Å². The van der Waals surface area contributed by atoms with E-state index in [-0.39, 0.29) is 12.5 Å². The molecule has 1 aliphatic rings. The fraction of sp³-hybridized carbons (Fsp3) is 0.158. The largest absolute Gasteiger partial charge is 0.482 e. The molecule has 2 aromatic carbocycles. The molecular formula is C19H15ClN2O2S. The zero-order chi connectivity index (χ0) is 17.4. The minimum absolute atomic E-state index is 0.0343. The molecule has 1 amide bonds. The van der Waals surface area contributed by atoms with Gasteiger partial charge in [-0.15, -0.1) is 11.3 Å². The minimum Gasteiger partial charge on any atom is -0.482 e. The molecule has 0 atom stereocenters. The number of nitrogens with zero attached hydrogens (tertiary/aromatic N) is 2. The lowest BCUT2D eigenvalue weighted by molar-refractivity contribution is -0.121. The van der Waals surface area contributed by atoms with Crippen LogP contribution in [0.15, 0.2) is 47.8 Å². The molecule has 4 nitrogen and oxygen atoms in total. The van der Waals surface area contributed by atoms with E-state index in [0.717, 1.165) is 27.5 Å². The molecule has 4 rings (SSSR count). The van der Waals surface area contributed by atoms with E-state index in [4.69, 9.17) is 16.3 Å². The van der Waals surface area contributed by atoms with Gasteiger partial charge in [-0.3, -0.25) is 4.79 Å². The van der Waals surface area contributed by atoms with Gasteiger partial charge >= 0.3 is 0 Å². The quantitative estimate of drug-likeness (QED) is 0.671. The molecule has 0 unspecified atom stereocenters. The summed E-state index contributed by atoms with van der Waals surface area (Å²) in [6.07, 6.45) is 0. The molecule has 0 saturated heterocycles. The second-order valence-electron chi connectivity index (χ2n) is 5.79. The van der Waals surface area contributed by atoms with Crippen molar-refractivity contribution < 1.29 is 9.53 Å². The molecule has 0 spiro atoms. The summed E-state index contributed by atoms with van der Waals surface area (Å²) < 4.78 is 5.59. The molecule has 0 N–H and O–H groups in total. The Morgan fingerprint density at radius 3 is 2.88 bits per heavy atom. The molecule has 2 heterocycles. The summed E-state index contributed by atoms with van der Waals surface area (Å²) in [5.74, 6) is 0.612. The second-order valence-corrected chi connectivity index (χ2v) is 7.26. The van der Waals surface area contributed by atoms with E-state index < -0.39 is 0 Å². The highest BCUT2D eigenvalue weighted by atomic mass is 35.5. The summed E-state index contributed by atoms with van der Waals surface area (Å²) in [5, 5.41) is 3.67. The second kappa shape index (κ2) is 6.50. The van der Waals surface area contributed by atoms with E-state index in [9.17, 15) is 4.79 Å². The number of benzene rings is 2. The normalized spacial score (nSPS) is 13.5. The van der Waals surface area contributed by atoms with Crippen LogP contribution in [0, 0.1) is 6.92 Å². The van der Waals surface area contributed by atoms with Crippen LogP contribution < -0.4 is 9.64 Å². The van der Waals surface area contributed by atoms with Crippen LogP contribution in [0.1, 0.15) is 10.6 Å². The van der Waals surface area contributed by atoms with Gasteiger partial charge in [0.2, 0.25) is 0 Å². The van der Waals surface area contributed by atoms with Gasteiger partial charge in [0.05, 0.1) is 22.9 Å². The van der Waals surface area contributed by atoms with Crippen LogP contribution in [-0.2, 0) is 11.3 Å². The number of fused-ring (bicyclic) bond motifs is 1. The maximum Gasteiger partial charge on any atom is 0.265 e. The Hall–Kier alpha value is -2.37. The van der Waals surface area contributed by atoms with Gasteiger partial charge in [-0.05, 0) is 36.8 Å². The van der Waals surface area contributed by atoms with Crippen molar-refractivity contribution in [2.45, 2.75) is 13.5 Å². The summed E-state index contributed by atoms with van der Waals surface area (Å²) >= 11 is 7.87. The zero-order valence-electron chi connectivity index (χ0n) is 13.5. The average molecular weight is 371 g/mol. The molecule has 0 saturated carbocycles. The number of halogens is 1. The number of anilines is 1. The van der Waals surface area contributed by atoms with Crippen molar-refractivity contribution in [2.24, 2.45) is 0 Å². The minimum atomic E-state index is -0.0842.